The summed E-state index contributed by atoms with van der Waals surface area (Å²) < 4.78 is 35.5. The minimum atomic E-state index is -1.56. The van der Waals surface area contributed by atoms with Crippen LogP contribution in [-0.2, 0) is 11.4 Å². The number of fused-ring (bicyclic) bond motifs is 1. The Bertz CT molecular complexity index is 1390. The highest BCUT2D eigenvalue weighted by atomic mass is 35.5. The summed E-state index contributed by atoms with van der Waals surface area (Å²) in [6.45, 7) is 1.40. The SMILES string of the molecule is CC(=O)O.Nc1cc(-n2cc(C(=O)O)c(=O)c3cc(F)c(OC4CNC4)c(Cl)c32)c(CO)cc1F. The Balaban J connectivity index is 0.000000795. The molecule has 0 spiro atoms. The number of carbonyl (C=O) groups is 2. The number of nitrogens with one attached hydrogen (secondary N) is 1. The molecule has 1 saturated heterocycles. The number of nitrogen functional groups attached to an aromatic ring is 1. The molecule has 3 aromatic rings. The van der Waals surface area contributed by atoms with Crippen LogP contribution in [0.25, 0.3) is 16.6 Å². The maximum atomic E-state index is 14.8. The first-order chi connectivity index (χ1) is 16.5. The van der Waals surface area contributed by atoms with E-state index in [1.807, 2.05) is 0 Å². The molecular weight excluding hydrogens is 492 g/mol. The Morgan fingerprint density at radius 3 is 2.37 bits per heavy atom. The average molecular weight is 512 g/mol. The van der Waals surface area contributed by atoms with Crippen LogP contribution in [0.5, 0.6) is 5.75 Å². The number of nitrogens with two attached hydrogens (primary N) is 1. The average Bonchev–Trinajstić information content (AvgIpc) is 2.74. The third kappa shape index (κ3) is 5.19. The molecule has 0 unspecified atom stereocenters. The van der Waals surface area contributed by atoms with Crippen molar-refractivity contribution < 1.29 is 38.4 Å². The summed E-state index contributed by atoms with van der Waals surface area (Å²) in [6.07, 6.45) is 0.634. The number of carboxylic acids is 2. The second kappa shape index (κ2) is 10.3. The van der Waals surface area contributed by atoms with Crippen molar-refractivity contribution in [1.82, 2.24) is 9.88 Å². The van der Waals surface area contributed by atoms with Gasteiger partial charge in [0.25, 0.3) is 5.97 Å². The standard InChI is InChI=1S/C20H16ClF2N3O5.C2H4O2/c21-16-17-10(2-13(23)19(16)31-9-4-25-5-9)18(28)11(20(29)30)6-26(17)15-3-14(24)12(22)1-8(15)7-27;1-2(3)4/h1-3,6,9,25,27H,4-5,7,24H2,(H,29,30);1H3,(H,3,4). The Labute approximate surface area is 201 Å². The van der Waals surface area contributed by atoms with Crippen LogP contribution in [0.4, 0.5) is 14.5 Å². The van der Waals surface area contributed by atoms with Gasteiger partial charge in [0.05, 0.1) is 28.9 Å². The van der Waals surface area contributed by atoms with E-state index in [1.165, 1.54) is 0 Å². The minimum Gasteiger partial charge on any atom is -0.483 e. The minimum absolute atomic E-state index is 0.0408. The molecule has 0 saturated carbocycles. The van der Waals surface area contributed by atoms with Gasteiger partial charge in [-0.3, -0.25) is 9.59 Å². The molecule has 1 fully saturated rings. The number of benzene rings is 2. The number of rotatable bonds is 5. The summed E-state index contributed by atoms with van der Waals surface area (Å²) in [5.74, 6) is -4.43. The lowest BCUT2D eigenvalue weighted by atomic mass is 10.1. The molecule has 6 N–H and O–H groups in total. The van der Waals surface area contributed by atoms with Gasteiger partial charge in [-0.05, 0) is 18.2 Å². The van der Waals surface area contributed by atoms with Gasteiger partial charge in [0.1, 0.15) is 22.5 Å². The van der Waals surface area contributed by atoms with Gasteiger partial charge in [-0.15, -0.1) is 0 Å². The third-order valence-electron chi connectivity index (χ3n) is 5.03. The normalized spacial score (nSPS) is 13.1. The summed E-state index contributed by atoms with van der Waals surface area (Å²) in [5.41, 5.74) is 3.78. The number of hydrogen-bond donors (Lipinski definition) is 5. The van der Waals surface area contributed by atoms with E-state index in [1.54, 1.807) is 0 Å². The van der Waals surface area contributed by atoms with Gasteiger partial charge in [0, 0.05) is 31.8 Å². The second-order valence-corrected chi connectivity index (χ2v) is 7.90. The van der Waals surface area contributed by atoms with Gasteiger partial charge in [-0.2, -0.15) is 0 Å². The molecule has 1 aromatic heterocycles. The highest BCUT2D eigenvalue weighted by Gasteiger charge is 2.27. The number of anilines is 1. The van der Waals surface area contributed by atoms with Gasteiger partial charge >= 0.3 is 5.97 Å². The van der Waals surface area contributed by atoms with Gasteiger partial charge in [0.15, 0.2) is 11.6 Å². The molecule has 0 radical (unpaired) electrons. The van der Waals surface area contributed by atoms with Crippen molar-refractivity contribution in [3.8, 4) is 11.4 Å². The number of aliphatic carboxylic acids is 1. The molecule has 35 heavy (non-hydrogen) atoms. The van der Waals surface area contributed by atoms with Crippen LogP contribution in [0, 0.1) is 11.6 Å². The van der Waals surface area contributed by atoms with Gasteiger partial charge in [-0.25, -0.2) is 13.6 Å². The smallest absolute Gasteiger partial charge is 0.341 e. The van der Waals surface area contributed by atoms with Crippen LogP contribution in [-0.4, -0.2) is 51.0 Å². The predicted octanol–water partition coefficient (Wildman–Crippen LogP) is 2.14. The van der Waals surface area contributed by atoms with Crippen molar-refractivity contribution in [2.24, 2.45) is 0 Å². The van der Waals surface area contributed by atoms with Crippen molar-refractivity contribution in [3.05, 3.63) is 62.4 Å². The van der Waals surface area contributed by atoms with Crippen LogP contribution >= 0.6 is 11.6 Å². The molecule has 1 aliphatic heterocycles. The number of aromatic nitrogens is 1. The predicted molar refractivity (Wildman–Crippen MR) is 122 cm³/mol. The number of aliphatic hydroxyl groups is 1. The zero-order valence-corrected chi connectivity index (χ0v) is 18.9. The summed E-state index contributed by atoms with van der Waals surface area (Å²) in [7, 11) is 0. The van der Waals surface area contributed by atoms with E-state index in [9.17, 15) is 28.6 Å². The molecule has 13 heteroatoms. The number of ether oxygens (including phenoxy) is 1. The second-order valence-electron chi connectivity index (χ2n) is 7.52. The Morgan fingerprint density at radius 1 is 1.23 bits per heavy atom. The molecule has 0 atom stereocenters. The molecular formula is C22H20ClF2N3O7. The number of aliphatic hydroxyl groups excluding tert-OH is 1. The molecule has 4 rings (SSSR count). The van der Waals surface area contributed by atoms with Crippen LogP contribution in [0.2, 0.25) is 5.02 Å². The van der Waals surface area contributed by atoms with E-state index in [4.69, 9.17) is 32.0 Å². The topological polar surface area (TPSA) is 164 Å². The fraction of sp³-hybridized carbons (Fsp3) is 0.227. The lowest BCUT2D eigenvalue weighted by Gasteiger charge is -2.28. The lowest BCUT2D eigenvalue weighted by molar-refractivity contribution is -0.134. The fourth-order valence-corrected chi connectivity index (χ4v) is 3.66. The van der Waals surface area contributed by atoms with Crippen molar-refractivity contribution in [1.29, 1.82) is 0 Å². The number of carboxylic acid groups (broad SMARTS) is 2. The van der Waals surface area contributed by atoms with Gasteiger partial charge in [-0.1, -0.05) is 11.6 Å². The van der Waals surface area contributed by atoms with Crippen LogP contribution in [0.3, 0.4) is 0 Å². The number of hydrogen-bond acceptors (Lipinski definition) is 7. The van der Waals surface area contributed by atoms with Crippen LogP contribution < -0.4 is 21.2 Å². The first kappa shape index (κ1) is 25.9. The zero-order chi connectivity index (χ0) is 26.0. The summed E-state index contributed by atoms with van der Waals surface area (Å²) >= 11 is 6.44. The Morgan fingerprint density at radius 2 is 1.86 bits per heavy atom. The molecule has 2 heterocycles. The van der Waals surface area contributed by atoms with E-state index in [0.717, 1.165) is 35.9 Å². The molecule has 2 aromatic carbocycles. The highest BCUT2D eigenvalue weighted by molar-refractivity contribution is 6.36. The van der Waals surface area contributed by atoms with E-state index in [-0.39, 0.29) is 44.7 Å². The van der Waals surface area contributed by atoms with Crippen molar-refractivity contribution in [2.45, 2.75) is 19.6 Å². The van der Waals surface area contributed by atoms with E-state index in [2.05, 4.69) is 5.32 Å². The maximum absolute atomic E-state index is 14.8. The first-order valence-electron chi connectivity index (χ1n) is 10.0. The first-order valence-corrected chi connectivity index (χ1v) is 10.4. The number of halogens is 3. The van der Waals surface area contributed by atoms with E-state index in [0.29, 0.717) is 13.1 Å². The van der Waals surface area contributed by atoms with Crippen molar-refractivity contribution in [3.63, 3.8) is 0 Å². The third-order valence-corrected chi connectivity index (χ3v) is 5.38. The van der Waals surface area contributed by atoms with Crippen molar-refractivity contribution in [2.75, 3.05) is 18.8 Å². The van der Waals surface area contributed by atoms with Gasteiger partial charge in [0.2, 0.25) is 5.43 Å². The molecule has 0 bridgehead atoms. The largest absolute Gasteiger partial charge is 0.483 e. The monoisotopic (exact) mass is 511 g/mol. The molecule has 1 aliphatic rings. The van der Waals surface area contributed by atoms with Gasteiger partial charge < -0.3 is 35.7 Å². The van der Waals surface area contributed by atoms with E-state index < -0.39 is 41.2 Å². The lowest BCUT2D eigenvalue weighted by Crippen LogP contribution is -2.50. The van der Waals surface area contributed by atoms with Crippen LogP contribution in [0.1, 0.15) is 22.8 Å². The number of aromatic carboxylic acids is 1. The number of pyridine rings is 1. The molecule has 186 valence electrons. The van der Waals surface area contributed by atoms with Crippen LogP contribution in [0.15, 0.2) is 29.2 Å². The molecule has 0 amide bonds. The summed E-state index contributed by atoms with van der Waals surface area (Å²) in [4.78, 5) is 33.4. The van der Waals surface area contributed by atoms with Crippen molar-refractivity contribution >= 4 is 40.1 Å². The zero-order valence-electron chi connectivity index (χ0n) is 18.1. The summed E-state index contributed by atoms with van der Waals surface area (Å²) in [6, 6.07) is 2.98. The Hall–Kier alpha value is -3.74. The fourth-order valence-electron chi connectivity index (χ4n) is 3.33. The maximum Gasteiger partial charge on any atom is 0.341 e. The quantitative estimate of drug-likeness (QED) is 0.323. The summed E-state index contributed by atoms with van der Waals surface area (Å²) in [5, 5.41) is 28.9. The molecule has 0 aliphatic carbocycles. The van der Waals surface area contributed by atoms with E-state index >= 15 is 0 Å². The Kier molecular flexibility index (Phi) is 7.58. The molecule has 10 nitrogen and oxygen atoms in total. The number of nitrogens with zero attached hydrogens (tertiary/aromatic N) is 1. The highest BCUT2D eigenvalue weighted by Crippen LogP contribution is 2.37.